The van der Waals surface area contributed by atoms with Crippen LogP contribution in [0.25, 0.3) is 12.2 Å². The molecule has 172 valence electrons. The third-order valence-corrected chi connectivity index (χ3v) is 7.77. The number of nitrogens with zero attached hydrogens (tertiary/aromatic N) is 2. The number of halogens is 2. The number of anilines is 2. The standard InChI is InChI=1S/C24H24F2N4O2S/c25-23(26)19-5-3-17(4-6-19)1-2-18-15-28-24(29-16-18)30-20-7-9-21(10-8-20)33(31,32)22-11-13-27-14-12-22/h1-10,15-16,22-23,27H,11-14H2,(H,28,29,30)/b2-1+. The molecule has 0 atom stereocenters. The van der Waals surface area contributed by atoms with Gasteiger partial charge in [-0.1, -0.05) is 36.4 Å². The van der Waals surface area contributed by atoms with Crippen LogP contribution in [0.2, 0.25) is 0 Å². The molecule has 1 aliphatic rings. The Kier molecular flexibility index (Phi) is 7.10. The van der Waals surface area contributed by atoms with Gasteiger partial charge in [0.05, 0.1) is 10.1 Å². The summed E-state index contributed by atoms with van der Waals surface area (Å²) in [5.41, 5.74) is 2.22. The van der Waals surface area contributed by atoms with E-state index in [9.17, 15) is 17.2 Å². The van der Waals surface area contributed by atoms with Crippen LogP contribution < -0.4 is 10.6 Å². The van der Waals surface area contributed by atoms with Gasteiger partial charge in [0.15, 0.2) is 9.84 Å². The van der Waals surface area contributed by atoms with Gasteiger partial charge in [-0.2, -0.15) is 0 Å². The summed E-state index contributed by atoms with van der Waals surface area (Å²) in [4.78, 5) is 8.86. The molecule has 1 fully saturated rings. The first-order chi connectivity index (χ1) is 15.9. The van der Waals surface area contributed by atoms with Crippen LogP contribution in [-0.2, 0) is 9.84 Å². The Labute approximate surface area is 191 Å². The van der Waals surface area contributed by atoms with Gasteiger partial charge in [-0.25, -0.2) is 27.2 Å². The highest BCUT2D eigenvalue weighted by atomic mass is 32.2. The topological polar surface area (TPSA) is 84.0 Å². The molecule has 6 nitrogen and oxygen atoms in total. The van der Waals surface area contributed by atoms with Crippen molar-refractivity contribution in [3.8, 4) is 0 Å². The van der Waals surface area contributed by atoms with Crippen LogP contribution >= 0.6 is 0 Å². The van der Waals surface area contributed by atoms with Crippen molar-refractivity contribution >= 4 is 33.6 Å². The zero-order chi connectivity index (χ0) is 23.3. The third-order valence-electron chi connectivity index (χ3n) is 5.49. The monoisotopic (exact) mass is 470 g/mol. The Morgan fingerprint density at radius 3 is 2.12 bits per heavy atom. The number of sulfone groups is 1. The van der Waals surface area contributed by atoms with Gasteiger partial charge in [0.25, 0.3) is 6.43 Å². The quantitative estimate of drug-likeness (QED) is 0.513. The SMILES string of the molecule is O=S(=O)(c1ccc(Nc2ncc(/C=C/c3ccc(C(F)F)cc3)cn2)cc1)C1CCNCC1. The Hall–Kier alpha value is -3.17. The van der Waals surface area contributed by atoms with Gasteiger partial charge in [0, 0.05) is 29.2 Å². The second kappa shape index (κ2) is 10.2. The van der Waals surface area contributed by atoms with Crippen LogP contribution in [-0.4, -0.2) is 36.7 Å². The first-order valence-corrected chi connectivity index (χ1v) is 12.2. The van der Waals surface area contributed by atoms with E-state index in [0.29, 0.717) is 29.4 Å². The van der Waals surface area contributed by atoms with E-state index in [-0.39, 0.29) is 10.8 Å². The van der Waals surface area contributed by atoms with Crippen molar-refractivity contribution in [2.24, 2.45) is 0 Å². The number of aromatic nitrogens is 2. The van der Waals surface area contributed by atoms with Gasteiger partial charge < -0.3 is 10.6 Å². The first kappa shape index (κ1) is 23.0. The minimum absolute atomic E-state index is 0.0113. The van der Waals surface area contributed by atoms with Gasteiger partial charge >= 0.3 is 0 Å². The van der Waals surface area contributed by atoms with Crippen LogP contribution in [0.1, 0.15) is 36.0 Å². The maximum Gasteiger partial charge on any atom is 0.263 e. The molecule has 1 aliphatic heterocycles. The second-order valence-corrected chi connectivity index (χ2v) is 10.0. The predicted octanol–water partition coefficient (Wildman–Crippen LogP) is 4.85. The largest absolute Gasteiger partial charge is 0.324 e. The number of benzene rings is 2. The van der Waals surface area contributed by atoms with Crippen molar-refractivity contribution in [1.82, 2.24) is 15.3 Å². The molecule has 2 heterocycles. The molecule has 0 saturated carbocycles. The summed E-state index contributed by atoms with van der Waals surface area (Å²) in [5.74, 6) is 0.377. The normalized spacial score (nSPS) is 15.2. The average Bonchev–Trinajstić information content (AvgIpc) is 2.85. The van der Waals surface area contributed by atoms with Crippen LogP contribution in [0.15, 0.2) is 65.8 Å². The molecule has 1 saturated heterocycles. The maximum atomic E-state index is 12.8. The fraction of sp³-hybridized carbons (Fsp3) is 0.250. The van der Waals surface area contributed by atoms with E-state index < -0.39 is 16.3 Å². The lowest BCUT2D eigenvalue weighted by Crippen LogP contribution is -2.35. The Balaban J connectivity index is 1.37. The van der Waals surface area contributed by atoms with E-state index in [1.807, 2.05) is 0 Å². The van der Waals surface area contributed by atoms with Gasteiger partial charge in [0.1, 0.15) is 0 Å². The molecule has 3 aromatic rings. The van der Waals surface area contributed by atoms with Gasteiger partial charge in [-0.3, -0.25) is 0 Å². The highest BCUT2D eigenvalue weighted by molar-refractivity contribution is 7.92. The van der Waals surface area contributed by atoms with Crippen LogP contribution in [0.5, 0.6) is 0 Å². The molecule has 0 unspecified atom stereocenters. The molecule has 1 aromatic heterocycles. The van der Waals surface area contributed by atoms with Crippen LogP contribution in [0.3, 0.4) is 0 Å². The smallest absolute Gasteiger partial charge is 0.263 e. The number of hydrogen-bond acceptors (Lipinski definition) is 6. The van der Waals surface area contributed by atoms with E-state index in [0.717, 1.165) is 24.2 Å². The zero-order valence-corrected chi connectivity index (χ0v) is 18.6. The molecule has 33 heavy (non-hydrogen) atoms. The summed E-state index contributed by atoms with van der Waals surface area (Å²) < 4.78 is 50.8. The summed E-state index contributed by atoms with van der Waals surface area (Å²) >= 11 is 0. The van der Waals surface area contributed by atoms with Gasteiger partial charge in [-0.15, -0.1) is 0 Å². The Morgan fingerprint density at radius 2 is 1.52 bits per heavy atom. The fourth-order valence-electron chi connectivity index (χ4n) is 3.59. The third kappa shape index (κ3) is 5.80. The minimum atomic E-state index is -3.34. The van der Waals surface area contributed by atoms with E-state index in [4.69, 9.17) is 0 Å². The van der Waals surface area contributed by atoms with Crippen molar-refractivity contribution in [2.45, 2.75) is 29.4 Å². The van der Waals surface area contributed by atoms with Gasteiger partial charge in [-0.05, 0) is 55.8 Å². The molecule has 2 N–H and O–H groups in total. The fourth-order valence-corrected chi connectivity index (χ4v) is 5.35. The van der Waals surface area contributed by atoms with Crippen molar-refractivity contribution in [3.63, 3.8) is 0 Å². The Morgan fingerprint density at radius 1 is 0.909 bits per heavy atom. The Bertz CT molecular complexity index is 1190. The minimum Gasteiger partial charge on any atom is -0.324 e. The number of alkyl halides is 2. The molecule has 0 spiro atoms. The molecule has 0 bridgehead atoms. The van der Waals surface area contributed by atoms with Crippen molar-refractivity contribution in [3.05, 3.63) is 77.6 Å². The zero-order valence-electron chi connectivity index (χ0n) is 17.8. The lowest BCUT2D eigenvalue weighted by Gasteiger charge is -2.22. The van der Waals surface area contributed by atoms with Crippen LogP contribution in [0, 0.1) is 0 Å². The number of hydrogen-bond donors (Lipinski definition) is 2. The molecular weight excluding hydrogens is 446 g/mol. The number of nitrogens with one attached hydrogen (secondary N) is 2. The van der Waals surface area contributed by atoms with Crippen molar-refractivity contribution in [1.29, 1.82) is 0 Å². The van der Waals surface area contributed by atoms with Gasteiger partial charge in [0.2, 0.25) is 5.95 Å². The van der Waals surface area contributed by atoms with E-state index >= 15 is 0 Å². The van der Waals surface area contributed by atoms with E-state index in [2.05, 4.69) is 20.6 Å². The summed E-state index contributed by atoms with van der Waals surface area (Å²) in [5, 5.41) is 5.90. The molecule has 9 heteroatoms. The number of piperidine rings is 1. The van der Waals surface area contributed by atoms with E-state index in [1.165, 1.54) is 12.1 Å². The lowest BCUT2D eigenvalue weighted by molar-refractivity contribution is 0.151. The lowest BCUT2D eigenvalue weighted by atomic mass is 10.1. The summed E-state index contributed by atoms with van der Waals surface area (Å²) in [6.45, 7) is 1.44. The first-order valence-electron chi connectivity index (χ1n) is 10.6. The maximum absolute atomic E-state index is 12.8. The van der Waals surface area contributed by atoms with E-state index in [1.54, 1.807) is 60.9 Å². The highest BCUT2D eigenvalue weighted by Crippen LogP contribution is 2.24. The molecule has 0 amide bonds. The van der Waals surface area contributed by atoms with Crippen molar-refractivity contribution < 1.29 is 17.2 Å². The molecule has 0 aliphatic carbocycles. The average molecular weight is 471 g/mol. The van der Waals surface area contributed by atoms with Crippen LogP contribution in [0.4, 0.5) is 20.4 Å². The summed E-state index contributed by atoms with van der Waals surface area (Å²) in [6.07, 6.45) is 5.62. The molecule has 4 rings (SSSR count). The predicted molar refractivity (Wildman–Crippen MR) is 125 cm³/mol. The molecular formula is C24H24F2N4O2S. The second-order valence-electron chi connectivity index (χ2n) is 7.78. The number of rotatable bonds is 7. The van der Waals surface area contributed by atoms with Crippen molar-refractivity contribution in [2.75, 3.05) is 18.4 Å². The summed E-state index contributed by atoms with van der Waals surface area (Å²) in [7, 11) is -3.34. The highest BCUT2D eigenvalue weighted by Gasteiger charge is 2.28. The molecule has 0 radical (unpaired) electrons. The molecule has 2 aromatic carbocycles. The summed E-state index contributed by atoms with van der Waals surface area (Å²) in [6, 6.07) is 12.7.